The average Bonchev–Trinajstić information content (AvgIpc) is 2.68. The van der Waals surface area contributed by atoms with Gasteiger partial charge in [0.15, 0.2) is 0 Å². The monoisotopic (exact) mass is 283 g/mol. The second-order valence-corrected chi connectivity index (χ2v) is 5.75. The predicted molar refractivity (Wildman–Crippen MR) is 70.2 cm³/mol. The molecule has 1 aliphatic heterocycles. The number of likely N-dealkylation sites (tertiary alicyclic amines) is 1. The Hall–Kier alpha value is -1.69. The van der Waals surface area contributed by atoms with Crippen molar-refractivity contribution in [3.63, 3.8) is 0 Å². The zero-order chi connectivity index (χ0) is 14.2. The number of rotatable bonds is 2. The van der Waals surface area contributed by atoms with Crippen molar-refractivity contribution in [2.45, 2.75) is 20.3 Å². The largest absolute Gasteiger partial charge is 0.338 e. The smallest absolute Gasteiger partial charge is 0.319 e. The summed E-state index contributed by atoms with van der Waals surface area (Å²) >= 11 is 5.71. The fourth-order valence-corrected chi connectivity index (χ4v) is 2.46. The summed E-state index contributed by atoms with van der Waals surface area (Å²) in [6, 6.07) is 1.34. The Morgan fingerprint density at radius 1 is 1.58 bits per heavy atom. The fourth-order valence-electron chi connectivity index (χ4n) is 2.23. The summed E-state index contributed by atoms with van der Waals surface area (Å²) in [6.07, 6.45) is 2.19. The molecule has 0 bridgehead atoms. The third kappa shape index (κ3) is 2.68. The molecule has 0 unspecified atom stereocenters. The van der Waals surface area contributed by atoms with Gasteiger partial charge in [-0.15, -0.1) is 0 Å². The van der Waals surface area contributed by atoms with Crippen LogP contribution >= 0.6 is 11.6 Å². The SMILES string of the molecule is CC1(C)CCN(C(=O)c2ccnc(Cl)c2[N+](=O)[O-])C1. The third-order valence-corrected chi connectivity index (χ3v) is 3.53. The molecule has 7 heteroatoms. The maximum atomic E-state index is 12.3. The van der Waals surface area contributed by atoms with Gasteiger partial charge in [-0.25, -0.2) is 4.98 Å². The Morgan fingerprint density at radius 3 is 2.79 bits per heavy atom. The van der Waals surface area contributed by atoms with Gasteiger partial charge in [0, 0.05) is 19.3 Å². The number of amides is 1. The van der Waals surface area contributed by atoms with Crippen LogP contribution in [0, 0.1) is 15.5 Å². The Balaban J connectivity index is 2.35. The van der Waals surface area contributed by atoms with Gasteiger partial charge in [0.2, 0.25) is 5.15 Å². The summed E-state index contributed by atoms with van der Waals surface area (Å²) in [5, 5.41) is 10.7. The number of carbonyl (C=O) groups excluding carboxylic acids is 1. The lowest BCUT2D eigenvalue weighted by atomic mass is 9.93. The first-order chi connectivity index (χ1) is 8.82. The van der Waals surface area contributed by atoms with Crippen LogP contribution in [-0.4, -0.2) is 33.8 Å². The van der Waals surface area contributed by atoms with E-state index in [-0.39, 0.29) is 22.0 Å². The highest BCUT2D eigenvalue weighted by Crippen LogP contribution is 2.32. The van der Waals surface area contributed by atoms with Crippen LogP contribution in [-0.2, 0) is 0 Å². The van der Waals surface area contributed by atoms with Crippen LogP contribution in [0.25, 0.3) is 0 Å². The van der Waals surface area contributed by atoms with E-state index < -0.39 is 10.6 Å². The quantitative estimate of drug-likeness (QED) is 0.475. The number of hydrogen-bond donors (Lipinski definition) is 0. The van der Waals surface area contributed by atoms with Gasteiger partial charge in [-0.2, -0.15) is 0 Å². The Labute approximate surface area is 115 Å². The first kappa shape index (κ1) is 13.7. The van der Waals surface area contributed by atoms with Crippen LogP contribution in [0.2, 0.25) is 5.15 Å². The van der Waals surface area contributed by atoms with Crippen LogP contribution in [0.5, 0.6) is 0 Å². The van der Waals surface area contributed by atoms with Crippen LogP contribution < -0.4 is 0 Å². The predicted octanol–water partition coefficient (Wildman–Crippen LogP) is 2.52. The van der Waals surface area contributed by atoms with Crippen LogP contribution in [0.1, 0.15) is 30.6 Å². The third-order valence-electron chi connectivity index (χ3n) is 3.26. The molecule has 1 aliphatic rings. The normalized spacial score (nSPS) is 17.5. The molecule has 0 aromatic carbocycles. The molecule has 0 aliphatic carbocycles. The maximum Gasteiger partial charge on any atom is 0.319 e. The molecule has 102 valence electrons. The minimum Gasteiger partial charge on any atom is -0.338 e. The van der Waals surface area contributed by atoms with Gasteiger partial charge in [-0.1, -0.05) is 25.4 Å². The van der Waals surface area contributed by atoms with E-state index in [0.29, 0.717) is 13.1 Å². The number of pyridine rings is 1. The summed E-state index contributed by atoms with van der Waals surface area (Å²) in [5.41, 5.74) is -0.372. The van der Waals surface area contributed by atoms with Crippen molar-refractivity contribution in [3.05, 3.63) is 33.1 Å². The van der Waals surface area contributed by atoms with E-state index in [0.717, 1.165) is 6.42 Å². The molecule has 2 heterocycles. The van der Waals surface area contributed by atoms with Gasteiger partial charge in [0.25, 0.3) is 5.91 Å². The number of halogens is 1. The van der Waals surface area contributed by atoms with Crippen molar-refractivity contribution in [3.8, 4) is 0 Å². The van der Waals surface area contributed by atoms with E-state index in [1.54, 1.807) is 4.90 Å². The van der Waals surface area contributed by atoms with Gasteiger partial charge in [0.1, 0.15) is 5.56 Å². The zero-order valence-electron chi connectivity index (χ0n) is 10.7. The minimum absolute atomic E-state index is 0.00250. The second kappa shape index (κ2) is 4.77. The van der Waals surface area contributed by atoms with E-state index in [1.807, 2.05) is 0 Å². The van der Waals surface area contributed by atoms with Crippen molar-refractivity contribution in [2.75, 3.05) is 13.1 Å². The molecule has 1 fully saturated rings. The molecule has 0 radical (unpaired) electrons. The Kier molecular flexibility index (Phi) is 3.45. The molecular weight excluding hydrogens is 270 g/mol. The second-order valence-electron chi connectivity index (χ2n) is 5.40. The molecule has 1 amide bonds. The first-order valence-corrected chi connectivity index (χ1v) is 6.28. The fraction of sp³-hybridized carbons (Fsp3) is 0.500. The molecule has 1 saturated heterocycles. The van der Waals surface area contributed by atoms with E-state index in [1.165, 1.54) is 12.3 Å². The molecule has 0 atom stereocenters. The van der Waals surface area contributed by atoms with E-state index in [9.17, 15) is 14.9 Å². The molecule has 0 N–H and O–H groups in total. The maximum absolute atomic E-state index is 12.3. The lowest BCUT2D eigenvalue weighted by molar-refractivity contribution is -0.385. The van der Waals surface area contributed by atoms with Crippen LogP contribution in [0.3, 0.4) is 0 Å². The summed E-state index contributed by atoms with van der Waals surface area (Å²) in [5.74, 6) is -0.360. The molecule has 2 rings (SSSR count). The van der Waals surface area contributed by atoms with Gasteiger partial charge >= 0.3 is 5.69 Å². The van der Waals surface area contributed by atoms with Gasteiger partial charge in [-0.3, -0.25) is 14.9 Å². The standard InChI is InChI=1S/C12H14ClN3O3/c1-12(2)4-6-15(7-12)11(17)8-3-5-14-10(13)9(8)16(18)19/h3,5H,4,6-7H2,1-2H3. The van der Waals surface area contributed by atoms with Crippen molar-refractivity contribution < 1.29 is 9.72 Å². The number of nitro groups is 1. The molecular formula is C12H14ClN3O3. The van der Waals surface area contributed by atoms with Crippen molar-refractivity contribution in [1.82, 2.24) is 9.88 Å². The molecule has 1 aromatic rings. The summed E-state index contributed by atoms with van der Waals surface area (Å²) in [6.45, 7) is 5.31. The molecule has 1 aromatic heterocycles. The Morgan fingerprint density at radius 2 is 2.26 bits per heavy atom. The lowest BCUT2D eigenvalue weighted by Crippen LogP contribution is -2.30. The number of hydrogen-bond acceptors (Lipinski definition) is 4. The highest BCUT2D eigenvalue weighted by Gasteiger charge is 2.35. The van der Waals surface area contributed by atoms with Crippen molar-refractivity contribution in [2.24, 2.45) is 5.41 Å². The lowest BCUT2D eigenvalue weighted by Gasteiger charge is -2.19. The topological polar surface area (TPSA) is 76.3 Å². The van der Waals surface area contributed by atoms with Gasteiger partial charge in [-0.05, 0) is 17.9 Å². The van der Waals surface area contributed by atoms with Crippen molar-refractivity contribution >= 4 is 23.2 Å². The number of nitrogens with zero attached hydrogens (tertiary/aromatic N) is 3. The summed E-state index contributed by atoms with van der Waals surface area (Å²) in [7, 11) is 0. The Bertz CT molecular complexity index is 545. The van der Waals surface area contributed by atoms with Crippen LogP contribution in [0.15, 0.2) is 12.3 Å². The van der Waals surface area contributed by atoms with Crippen molar-refractivity contribution in [1.29, 1.82) is 0 Å². The summed E-state index contributed by atoms with van der Waals surface area (Å²) < 4.78 is 0. The molecule has 19 heavy (non-hydrogen) atoms. The first-order valence-electron chi connectivity index (χ1n) is 5.90. The minimum atomic E-state index is -0.663. The summed E-state index contributed by atoms with van der Waals surface area (Å²) in [4.78, 5) is 28.0. The highest BCUT2D eigenvalue weighted by molar-refractivity contribution is 6.32. The van der Waals surface area contributed by atoms with E-state index in [2.05, 4.69) is 18.8 Å². The molecule has 0 spiro atoms. The average molecular weight is 284 g/mol. The van der Waals surface area contributed by atoms with Gasteiger partial charge in [0.05, 0.1) is 4.92 Å². The van der Waals surface area contributed by atoms with E-state index >= 15 is 0 Å². The molecule has 0 saturated carbocycles. The van der Waals surface area contributed by atoms with Crippen LogP contribution in [0.4, 0.5) is 5.69 Å². The molecule has 6 nitrogen and oxygen atoms in total. The van der Waals surface area contributed by atoms with Gasteiger partial charge < -0.3 is 4.90 Å². The zero-order valence-corrected chi connectivity index (χ0v) is 11.5. The number of aromatic nitrogens is 1. The van der Waals surface area contributed by atoms with E-state index in [4.69, 9.17) is 11.6 Å². The number of carbonyl (C=O) groups is 1. The highest BCUT2D eigenvalue weighted by atomic mass is 35.5.